The Hall–Kier alpha value is -1.94. The molecule has 0 bridgehead atoms. The van der Waals surface area contributed by atoms with Crippen molar-refractivity contribution in [1.29, 1.82) is 0 Å². The Morgan fingerprint density at radius 3 is 0.854 bits per heavy atom. The lowest BCUT2D eigenvalue weighted by Gasteiger charge is -2.21. The largest absolute Gasteiger partial charge is 0.472 e. The first kappa shape index (κ1) is 87.1. The summed E-state index contributed by atoms with van der Waals surface area (Å²) in [6.45, 7) is 9.46. The van der Waals surface area contributed by atoms with Crippen LogP contribution in [0, 0.1) is 11.8 Å². The summed E-state index contributed by atoms with van der Waals surface area (Å²) in [6.07, 6.45) is 47.4. The van der Waals surface area contributed by atoms with E-state index in [9.17, 15) is 43.2 Å². The molecule has 0 aliphatic heterocycles. The number of rotatable bonds is 69. The maximum absolute atomic E-state index is 13.0. The molecule has 3 unspecified atom stereocenters. The molecule has 0 aromatic rings. The molecule has 0 rings (SSSR count). The topological polar surface area (TPSA) is 237 Å². The van der Waals surface area contributed by atoms with Gasteiger partial charge in [-0.1, -0.05) is 305 Å². The fraction of sp³-hybridized carbons (Fsp3) is 0.943. The van der Waals surface area contributed by atoms with Crippen molar-refractivity contribution < 1.29 is 80.2 Å². The van der Waals surface area contributed by atoms with Crippen molar-refractivity contribution in [2.45, 2.75) is 374 Å². The Morgan fingerprint density at radius 1 is 0.326 bits per heavy atom. The second-order valence-corrected chi connectivity index (χ2v) is 28.9. The Morgan fingerprint density at radius 2 is 0.573 bits per heavy atom. The SMILES string of the molecule is CCCCCCCCCCCCCCCCCCCCCC(=O)O[C@H](COC(=O)CCCCCCCCCCC(C)CC)COP(=O)(O)OC[C@@H](O)COP(=O)(O)OC[C@@H](COC(=O)CCCCCCCCC)OC(=O)CCCCCCCCCCC(C)C. The van der Waals surface area contributed by atoms with Crippen LogP contribution in [-0.2, 0) is 65.4 Å². The van der Waals surface area contributed by atoms with E-state index in [1.54, 1.807) is 0 Å². The van der Waals surface area contributed by atoms with Gasteiger partial charge in [0.25, 0.3) is 0 Å². The molecule has 0 aromatic heterocycles. The van der Waals surface area contributed by atoms with Gasteiger partial charge in [-0.2, -0.15) is 0 Å². The highest BCUT2D eigenvalue weighted by atomic mass is 31.2. The number of esters is 4. The van der Waals surface area contributed by atoms with Crippen molar-refractivity contribution >= 4 is 39.5 Å². The highest BCUT2D eigenvalue weighted by molar-refractivity contribution is 7.47. The molecule has 17 nitrogen and oxygen atoms in total. The van der Waals surface area contributed by atoms with Gasteiger partial charge in [0.05, 0.1) is 26.4 Å². The van der Waals surface area contributed by atoms with Crippen LogP contribution in [0.3, 0.4) is 0 Å². The molecular weight excluding hydrogens is 1170 g/mol. The Balaban J connectivity index is 5.18. The first-order valence-corrected chi connectivity index (χ1v) is 39.5. The molecule has 0 fully saturated rings. The third-order valence-electron chi connectivity index (χ3n) is 16.6. The van der Waals surface area contributed by atoms with Crippen LogP contribution in [0.1, 0.15) is 356 Å². The first-order valence-electron chi connectivity index (χ1n) is 36.5. The minimum atomic E-state index is -4.95. The van der Waals surface area contributed by atoms with Crippen LogP contribution in [0.15, 0.2) is 0 Å². The zero-order valence-corrected chi connectivity index (χ0v) is 59.5. The lowest BCUT2D eigenvalue weighted by molar-refractivity contribution is -0.161. The number of phosphoric acid groups is 2. The van der Waals surface area contributed by atoms with Crippen LogP contribution in [0.25, 0.3) is 0 Å². The van der Waals surface area contributed by atoms with Crippen LogP contribution in [-0.4, -0.2) is 96.7 Å². The molecule has 0 heterocycles. The molecule has 89 heavy (non-hydrogen) atoms. The Kier molecular flexibility index (Phi) is 60.8. The minimum Gasteiger partial charge on any atom is -0.462 e. The molecule has 3 N–H and O–H groups in total. The van der Waals surface area contributed by atoms with Crippen molar-refractivity contribution in [2.75, 3.05) is 39.6 Å². The number of carbonyl (C=O) groups is 4. The van der Waals surface area contributed by atoms with Gasteiger partial charge >= 0.3 is 39.5 Å². The third-order valence-corrected chi connectivity index (χ3v) is 18.5. The molecule has 0 radical (unpaired) electrons. The molecular formula is C70H136O17P2. The predicted molar refractivity (Wildman–Crippen MR) is 358 cm³/mol. The predicted octanol–water partition coefficient (Wildman–Crippen LogP) is 20.0. The number of hydrogen-bond acceptors (Lipinski definition) is 15. The molecule has 0 saturated heterocycles. The molecule has 6 atom stereocenters. The van der Waals surface area contributed by atoms with Crippen molar-refractivity contribution in [3.63, 3.8) is 0 Å². The first-order chi connectivity index (χ1) is 42.9. The van der Waals surface area contributed by atoms with Gasteiger partial charge in [-0.15, -0.1) is 0 Å². The second kappa shape index (κ2) is 62.2. The highest BCUT2D eigenvalue weighted by Gasteiger charge is 2.30. The van der Waals surface area contributed by atoms with Crippen LogP contribution in [0.2, 0.25) is 0 Å². The molecule has 0 aliphatic carbocycles. The maximum atomic E-state index is 13.0. The van der Waals surface area contributed by atoms with E-state index >= 15 is 0 Å². The highest BCUT2D eigenvalue weighted by Crippen LogP contribution is 2.45. The van der Waals surface area contributed by atoms with Crippen LogP contribution in [0.4, 0.5) is 0 Å². The molecule has 528 valence electrons. The lowest BCUT2D eigenvalue weighted by Crippen LogP contribution is -2.30. The normalized spacial score (nSPS) is 14.4. The van der Waals surface area contributed by atoms with Crippen LogP contribution < -0.4 is 0 Å². The van der Waals surface area contributed by atoms with Crippen LogP contribution in [0.5, 0.6) is 0 Å². The van der Waals surface area contributed by atoms with E-state index in [0.717, 1.165) is 115 Å². The number of phosphoric ester groups is 2. The van der Waals surface area contributed by atoms with Crippen molar-refractivity contribution in [3.05, 3.63) is 0 Å². The van der Waals surface area contributed by atoms with Crippen molar-refractivity contribution in [2.24, 2.45) is 11.8 Å². The summed E-state index contributed by atoms with van der Waals surface area (Å²) in [7, 11) is -9.89. The summed E-state index contributed by atoms with van der Waals surface area (Å²) in [5.74, 6) is -0.635. The zero-order valence-electron chi connectivity index (χ0n) is 57.7. The molecule has 0 amide bonds. The standard InChI is InChI=1S/C70H136O17P2/c1-7-10-12-14-16-17-18-19-20-21-22-23-24-25-26-27-36-42-48-54-69(74)86-66(59-81-68(73)53-47-41-35-31-29-34-39-45-51-63(6)9-3)61-85-89(78,79)83-57-64(71)56-82-88(76,77)84-60-65(58-80-67(72)52-46-40-32-15-13-11-8-2)87-70(75)55-49-43-37-30-28-33-38-44-50-62(4)5/h62-66,71H,7-61H2,1-6H3,(H,76,77)(H,78,79)/t63?,64-,65+,66+/m0/s1. The van der Waals surface area contributed by atoms with Gasteiger partial charge in [-0.3, -0.25) is 37.3 Å². The quantitative estimate of drug-likeness (QED) is 0.0222. The monoisotopic (exact) mass is 1310 g/mol. The van der Waals surface area contributed by atoms with E-state index in [0.29, 0.717) is 25.7 Å². The maximum Gasteiger partial charge on any atom is 0.472 e. The Labute approximate surface area is 543 Å². The summed E-state index contributed by atoms with van der Waals surface area (Å²) in [6, 6.07) is 0. The van der Waals surface area contributed by atoms with Gasteiger partial charge in [0.15, 0.2) is 12.2 Å². The average Bonchev–Trinajstić information content (AvgIpc) is 3.68. The Bertz CT molecular complexity index is 1740. The van der Waals surface area contributed by atoms with E-state index in [-0.39, 0.29) is 25.7 Å². The van der Waals surface area contributed by atoms with Gasteiger partial charge in [0.2, 0.25) is 0 Å². The van der Waals surface area contributed by atoms with E-state index in [1.165, 1.54) is 161 Å². The number of aliphatic hydroxyl groups is 1. The van der Waals surface area contributed by atoms with Gasteiger partial charge in [-0.25, -0.2) is 9.13 Å². The number of ether oxygens (including phenoxy) is 4. The van der Waals surface area contributed by atoms with Gasteiger partial charge < -0.3 is 33.8 Å². The summed E-state index contributed by atoms with van der Waals surface area (Å²) < 4.78 is 68.2. The van der Waals surface area contributed by atoms with Crippen molar-refractivity contribution in [1.82, 2.24) is 0 Å². The summed E-state index contributed by atoms with van der Waals surface area (Å²) in [5.41, 5.74) is 0. The fourth-order valence-corrected chi connectivity index (χ4v) is 12.1. The third kappa shape index (κ3) is 63.2. The number of unbranched alkanes of at least 4 members (excludes halogenated alkanes) is 38. The van der Waals surface area contributed by atoms with E-state index in [1.807, 2.05) is 0 Å². The smallest absolute Gasteiger partial charge is 0.462 e. The summed E-state index contributed by atoms with van der Waals surface area (Å²) >= 11 is 0. The molecule has 19 heteroatoms. The van der Waals surface area contributed by atoms with E-state index in [4.69, 9.17) is 37.0 Å². The van der Waals surface area contributed by atoms with Crippen molar-refractivity contribution in [3.8, 4) is 0 Å². The van der Waals surface area contributed by atoms with Gasteiger partial charge in [-0.05, 0) is 37.5 Å². The fourth-order valence-electron chi connectivity index (χ4n) is 10.6. The number of aliphatic hydroxyl groups excluding tert-OH is 1. The number of hydrogen-bond donors (Lipinski definition) is 3. The van der Waals surface area contributed by atoms with Gasteiger partial charge in [0, 0.05) is 25.7 Å². The summed E-state index contributed by atoms with van der Waals surface area (Å²) in [5, 5.41) is 10.6. The van der Waals surface area contributed by atoms with Crippen LogP contribution >= 0.6 is 15.6 Å². The van der Waals surface area contributed by atoms with Gasteiger partial charge in [0.1, 0.15) is 19.3 Å². The van der Waals surface area contributed by atoms with E-state index < -0.39 is 97.5 Å². The number of carbonyl (C=O) groups excluding carboxylic acids is 4. The minimum absolute atomic E-state index is 0.104. The molecule has 0 saturated carbocycles. The van der Waals surface area contributed by atoms with E-state index in [2.05, 4.69) is 41.5 Å². The molecule has 0 aromatic carbocycles. The average molecular weight is 1310 g/mol. The second-order valence-electron chi connectivity index (χ2n) is 26.0. The molecule has 0 aliphatic rings. The lowest BCUT2D eigenvalue weighted by atomic mass is 9.99. The molecule has 0 spiro atoms. The summed E-state index contributed by atoms with van der Waals surface area (Å²) in [4.78, 5) is 72.4. The zero-order chi connectivity index (χ0) is 65.7.